The van der Waals surface area contributed by atoms with Crippen LogP contribution in [0.4, 0.5) is 0 Å². The van der Waals surface area contributed by atoms with Gasteiger partial charge in [-0.25, -0.2) is 4.98 Å². The zero-order valence-electron chi connectivity index (χ0n) is 13.9. The highest BCUT2D eigenvalue weighted by molar-refractivity contribution is 6.06. The van der Waals surface area contributed by atoms with Gasteiger partial charge in [-0.05, 0) is 24.6 Å². The first-order valence-corrected chi connectivity index (χ1v) is 8.92. The molecule has 0 bridgehead atoms. The van der Waals surface area contributed by atoms with Gasteiger partial charge in [0.25, 0.3) is 0 Å². The molecule has 0 spiro atoms. The molecule has 0 saturated heterocycles. The molecule has 0 fully saturated rings. The molecule has 1 aromatic carbocycles. The Morgan fingerprint density at radius 2 is 1.83 bits per heavy atom. The smallest absolute Gasteiger partial charge is 0.171 e. The van der Waals surface area contributed by atoms with E-state index in [-0.39, 0.29) is 11.7 Å². The molecule has 1 aliphatic rings. The van der Waals surface area contributed by atoms with Gasteiger partial charge in [0, 0.05) is 16.9 Å². The molecule has 3 rings (SSSR count). The van der Waals surface area contributed by atoms with E-state index < -0.39 is 0 Å². The predicted octanol–water partition coefficient (Wildman–Crippen LogP) is 5.81. The molecular formula is C21H25NO. The van der Waals surface area contributed by atoms with Crippen LogP contribution in [0.3, 0.4) is 0 Å². The fourth-order valence-corrected chi connectivity index (χ4v) is 3.32. The van der Waals surface area contributed by atoms with Crippen LogP contribution < -0.4 is 0 Å². The van der Waals surface area contributed by atoms with E-state index >= 15 is 0 Å². The van der Waals surface area contributed by atoms with Crippen molar-refractivity contribution >= 4 is 22.8 Å². The molecule has 1 atom stereocenters. The van der Waals surface area contributed by atoms with Crippen molar-refractivity contribution in [2.24, 2.45) is 5.92 Å². The third-order valence-corrected chi connectivity index (χ3v) is 4.71. The Hall–Kier alpha value is -1.96. The van der Waals surface area contributed by atoms with Gasteiger partial charge < -0.3 is 0 Å². The number of Topliss-reactive ketones (excluding diaryl/α,β-unsaturated/α-hetero) is 1. The minimum absolute atomic E-state index is 0.0386. The molecule has 1 heterocycles. The van der Waals surface area contributed by atoms with Crippen LogP contribution in [0.1, 0.15) is 67.9 Å². The molecule has 0 radical (unpaired) electrons. The maximum absolute atomic E-state index is 12.7. The Labute approximate surface area is 138 Å². The van der Waals surface area contributed by atoms with E-state index in [1.807, 2.05) is 36.4 Å². The number of pyridine rings is 1. The molecular weight excluding hydrogens is 282 g/mol. The van der Waals surface area contributed by atoms with Gasteiger partial charge in [-0.3, -0.25) is 4.79 Å². The summed E-state index contributed by atoms with van der Waals surface area (Å²) in [4.78, 5) is 17.4. The van der Waals surface area contributed by atoms with Crippen LogP contribution in [0.25, 0.3) is 17.0 Å². The Morgan fingerprint density at radius 1 is 1.04 bits per heavy atom. The number of carbonyl (C=O) groups is 1. The number of aromatic nitrogens is 1. The number of hydrogen-bond acceptors (Lipinski definition) is 2. The summed E-state index contributed by atoms with van der Waals surface area (Å²) in [6.45, 7) is 2.24. The number of fused-ring (bicyclic) bond motifs is 2. The van der Waals surface area contributed by atoms with Gasteiger partial charge >= 0.3 is 0 Å². The second-order valence-electron chi connectivity index (χ2n) is 6.50. The quantitative estimate of drug-likeness (QED) is 0.604. The van der Waals surface area contributed by atoms with E-state index in [0.717, 1.165) is 35.0 Å². The predicted molar refractivity (Wildman–Crippen MR) is 96.6 cm³/mol. The molecule has 23 heavy (non-hydrogen) atoms. The van der Waals surface area contributed by atoms with Crippen molar-refractivity contribution in [3.05, 3.63) is 47.7 Å². The summed E-state index contributed by atoms with van der Waals surface area (Å²) in [7, 11) is 0. The Bertz CT molecular complexity index is 717. The fraction of sp³-hybridized carbons (Fsp3) is 0.429. The Morgan fingerprint density at radius 3 is 2.70 bits per heavy atom. The van der Waals surface area contributed by atoms with Crippen LogP contribution in [-0.4, -0.2) is 10.8 Å². The molecule has 120 valence electrons. The topological polar surface area (TPSA) is 30.0 Å². The Balaban J connectivity index is 1.65. The second-order valence-corrected chi connectivity index (χ2v) is 6.50. The first-order chi connectivity index (χ1) is 11.3. The molecule has 2 nitrogen and oxygen atoms in total. The largest absolute Gasteiger partial charge is 0.293 e. The first kappa shape index (κ1) is 15.9. The van der Waals surface area contributed by atoms with Crippen LogP contribution in [-0.2, 0) is 0 Å². The summed E-state index contributed by atoms with van der Waals surface area (Å²) in [6.07, 6.45) is 12.7. The van der Waals surface area contributed by atoms with Crippen molar-refractivity contribution in [2.45, 2.75) is 51.9 Å². The fourth-order valence-electron chi connectivity index (χ4n) is 3.32. The van der Waals surface area contributed by atoms with Gasteiger partial charge in [-0.1, -0.05) is 69.7 Å². The molecule has 0 aliphatic heterocycles. The number of carbonyl (C=O) groups excluding carboxylic acids is 1. The third kappa shape index (κ3) is 3.69. The number of unbranched alkanes of at least 4 members (excludes halogenated alkanes) is 5. The summed E-state index contributed by atoms with van der Waals surface area (Å²) in [6, 6.07) is 10.0. The SMILES string of the molecule is CCCCCCCCC1C=Cc2nc3ccccc3cc2C1=O. The van der Waals surface area contributed by atoms with Crippen molar-refractivity contribution in [3.63, 3.8) is 0 Å². The molecule has 2 aromatic rings. The maximum atomic E-state index is 12.7. The van der Waals surface area contributed by atoms with Crippen molar-refractivity contribution in [1.29, 1.82) is 0 Å². The zero-order chi connectivity index (χ0) is 16.1. The minimum Gasteiger partial charge on any atom is -0.293 e. The highest BCUT2D eigenvalue weighted by Crippen LogP contribution is 2.28. The number of hydrogen-bond donors (Lipinski definition) is 0. The lowest BCUT2D eigenvalue weighted by molar-refractivity contribution is 0.0936. The van der Waals surface area contributed by atoms with Gasteiger partial charge in [0.15, 0.2) is 5.78 Å². The summed E-state index contributed by atoms with van der Waals surface area (Å²) in [5.74, 6) is 0.283. The van der Waals surface area contributed by atoms with Crippen molar-refractivity contribution in [3.8, 4) is 0 Å². The lowest BCUT2D eigenvalue weighted by Gasteiger charge is -2.18. The number of para-hydroxylation sites is 1. The lowest BCUT2D eigenvalue weighted by Crippen LogP contribution is -2.18. The number of rotatable bonds is 7. The van der Waals surface area contributed by atoms with E-state index in [4.69, 9.17) is 0 Å². The summed E-state index contributed by atoms with van der Waals surface area (Å²) < 4.78 is 0. The molecule has 0 N–H and O–H groups in total. The molecule has 1 unspecified atom stereocenters. The third-order valence-electron chi connectivity index (χ3n) is 4.71. The highest BCUT2D eigenvalue weighted by atomic mass is 16.1. The van der Waals surface area contributed by atoms with Gasteiger partial charge in [-0.2, -0.15) is 0 Å². The van der Waals surface area contributed by atoms with E-state index in [9.17, 15) is 4.79 Å². The standard InChI is InChI=1S/C21H25NO/c1-2-3-4-5-6-7-10-16-13-14-20-18(21(16)23)15-17-11-8-9-12-19(17)22-20/h8-9,11-16H,2-7,10H2,1H3. The van der Waals surface area contributed by atoms with Crippen molar-refractivity contribution < 1.29 is 4.79 Å². The minimum atomic E-state index is 0.0386. The average Bonchev–Trinajstić information content (AvgIpc) is 2.58. The summed E-state index contributed by atoms with van der Waals surface area (Å²) in [5, 5.41) is 1.05. The van der Waals surface area contributed by atoms with Gasteiger partial charge in [-0.15, -0.1) is 0 Å². The molecule has 2 heteroatoms. The summed E-state index contributed by atoms with van der Waals surface area (Å²) in [5.41, 5.74) is 2.58. The van der Waals surface area contributed by atoms with Gasteiger partial charge in [0.1, 0.15) is 0 Å². The highest BCUT2D eigenvalue weighted by Gasteiger charge is 2.24. The number of allylic oxidation sites excluding steroid dienone is 1. The van der Waals surface area contributed by atoms with Crippen LogP contribution in [0.15, 0.2) is 36.4 Å². The van der Waals surface area contributed by atoms with Crippen LogP contribution >= 0.6 is 0 Å². The molecule has 0 saturated carbocycles. The maximum Gasteiger partial charge on any atom is 0.171 e. The number of benzene rings is 1. The zero-order valence-corrected chi connectivity index (χ0v) is 13.9. The lowest BCUT2D eigenvalue weighted by atomic mass is 9.86. The van der Waals surface area contributed by atoms with Gasteiger partial charge in [0.05, 0.1) is 11.2 Å². The molecule has 0 amide bonds. The number of ketones is 1. The van der Waals surface area contributed by atoms with Crippen molar-refractivity contribution in [1.82, 2.24) is 4.98 Å². The summed E-state index contributed by atoms with van der Waals surface area (Å²) >= 11 is 0. The molecule has 1 aliphatic carbocycles. The van der Waals surface area contributed by atoms with Gasteiger partial charge in [0.2, 0.25) is 0 Å². The van der Waals surface area contributed by atoms with Crippen LogP contribution in [0, 0.1) is 5.92 Å². The monoisotopic (exact) mass is 307 g/mol. The first-order valence-electron chi connectivity index (χ1n) is 8.92. The second kappa shape index (κ2) is 7.54. The van der Waals surface area contributed by atoms with Crippen LogP contribution in [0.5, 0.6) is 0 Å². The van der Waals surface area contributed by atoms with Crippen LogP contribution in [0.2, 0.25) is 0 Å². The van der Waals surface area contributed by atoms with Crippen molar-refractivity contribution in [2.75, 3.05) is 0 Å². The Kier molecular flexibility index (Phi) is 5.22. The normalized spacial score (nSPS) is 16.7. The average molecular weight is 307 g/mol. The van der Waals surface area contributed by atoms with E-state index in [2.05, 4.69) is 18.0 Å². The van der Waals surface area contributed by atoms with E-state index in [1.165, 1.54) is 32.1 Å². The van der Waals surface area contributed by atoms with E-state index in [0.29, 0.717) is 0 Å². The molecule has 1 aromatic heterocycles. The van der Waals surface area contributed by atoms with E-state index in [1.54, 1.807) is 0 Å². The number of nitrogens with zero attached hydrogens (tertiary/aromatic N) is 1.